The van der Waals surface area contributed by atoms with Crippen LogP contribution in [0.25, 0.3) is 0 Å². The molecule has 37 heavy (non-hydrogen) atoms. The Morgan fingerprint density at radius 3 is 1.89 bits per heavy atom. The van der Waals surface area contributed by atoms with Gasteiger partial charge in [-0.15, -0.1) is 0 Å². The number of carbonyl (C=O) groups excluding carboxylic acids is 2. The lowest BCUT2D eigenvalue weighted by molar-refractivity contribution is -0.862. The molecule has 1 aromatic rings. The average molecular weight is 515 g/mol. The van der Waals surface area contributed by atoms with Gasteiger partial charge in [0, 0.05) is 11.5 Å². The number of hydrogen-bond donors (Lipinski definition) is 0. The lowest BCUT2D eigenvalue weighted by Crippen LogP contribution is -2.41. The number of likely N-dealkylation sites (N-methyl/N-ethyl adjacent to an activating group) is 2. The van der Waals surface area contributed by atoms with E-state index in [2.05, 4.69) is 33.4 Å². The molecule has 206 valence electrons. The molecular formula is C31H50N2O4+2. The molecule has 0 aliphatic heterocycles. The quantitative estimate of drug-likeness (QED) is 0.119. The van der Waals surface area contributed by atoms with Crippen molar-refractivity contribution >= 4 is 11.9 Å². The van der Waals surface area contributed by atoms with Gasteiger partial charge in [0.15, 0.2) is 13.1 Å². The molecule has 0 bridgehead atoms. The molecule has 2 unspecified atom stereocenters. The molecular weight excluding hydrogens is 464 g/mol. The van der Waals surface area contributed by atoms with Gasteiger partial charge in [0.25, 0.3) is 0 Å². The van der Waals surface area contributed by atoms with Gasteiger partial charge in [0.2, 0.25) is 0 Å². The number of unbranched alkanes of at least 4 members (excludes halogenated alkanes) is 2. The van der Waals surface area contributed by atoms with Gasteiger partial charge in [0.05, 0.1) is 42.3 Å². The number of aryl methyl sites for hydroxylation is 1. The summed E-state index contributed by atoms with van der Waals surface area (Å²) in [6.07, 6.45) is 8.26. The summed E-state index contributed by atoms with van der Waals surface area (Å²) < 4.78 is 13.1. The minimum absolute atomic E-state index is 0.0882. The van der Waals surface area contributed by atoms with Gasteiger partial charge < -0.3 is 18.4 Å². The second-order valence-electron chi connectivity index (χ2n) is 12.8. The fraction of sp³-hybridized carbons (Fsp3) is 0.613. The summed E-state index contributed by atoms with van der Waals surface area (Å²) in [4.78, 5) is 26.1. The van der Waals surface area contributed by atoms with Gasteiger partial charge in [-0.3, -0.25) is 0 Å². The lowest BCUT2D eigenvalue weighted by atomic mass is 9.73. The van der Waals surface area contributed by atoms with Crippen LogP contribution in [-0.2, 0) is 16.0 Å². The Bertz CT molecular complexity index is 960. The number of carbonyl (C=O) groups is 2. The molecule has 0 N–H and O–H groups in total. The first-order valence-electron chi connectivity index (χ1n) is 13.6. The van der Waals surface area contributed by atoms with Gasteiger partial charge in [-0.2, -0.15) is 0 Å². The van der Waals surface area contributed by atoms with Gasteiger partial charge in [-0.1, -0.05) is 43.6 Å². The number of ether oxygens (including phenoxy) is 2. The van der Waals surface area contributed by atoms with Crippen LogP contribution in [0.15, 0.2) is 35.9 Å². The van der Waals surface area contributed by atoms with E-state index in [0.29, 0.717) is 20.5 Å². The third-order valence-corrected chi connectivity index (χ3v) is 6.60. The Balaban J connectivity index is 2.69. The van der Waals surface area contributed by atoms with Gasteiger partial charge in [0.1, 0.15) is 11.5 Å². The molecule has 0 saturated carbocycles. The first-order chi connectivity index (χ1) is 17.1. The predicted molar refractivity (Wildman–Crippen MR) is 151 cm³/mol. The first-order valence-corrected chi connectivity index (χ1v) is 13.6. The number of rotatable bonds is 12. The molecule has 0 radical (unpaired) electrons. The van der Waals surface area contributed by atoms with E-state index in [1.54, 1.807) is 0 Å². The highest BCUT2D eigenvalue weighted by atomic mass is 16.5. The van der Waals surface area contributed by atoms with Crippen molar-refractivity contribution in [1.29, 1.82) is 0 Å². The molecule has 6 nitrogen and oxygen atoms in total. The first kappa shape index (κ1) is 30.8. The van der Waals surface area contributed by atoms with Crippen molar-refractivity contribution in [2.45, 2.75) is 65.2 Å². The van der Waals surface area contributed by atoms with E-state index in [9.17, 15) is 9.59 Å². The van der Waals surface area contributed by atoms with Crippen LogP contribution in [0, 0.1) is 5.92 Å². The monoisotopic (exact) mass is 514 g/mol. The van der Waals surface area contributed by atoms with E-state index in [-0.39, 0.29) is 36.9 Å². The van der Waals surface area contributed by atoms with Gasteiger partial charge >= 0.3 is 11.9 Å². The van der Waals surface area contributed by atoms with Crippen LogP contribution in [0.3, 0.4) is 0 Å². The molecule has 0 amide bonds. The van der Waals surface area contributed by atoms with Crippen molar-refractivity contribution in [2.24, 2.45) is 5.92 Å². The van der Waals surface area contributed by atoms with Crippen molar-refractivity contribution in [3.05, 3.63) is 47.1 Å². The Morgan fingerprint density at radius 1 is 0.946 bits per heavy atom. The third kappa shape index (κ3) is 10.1. The van der Waals surface area contributed by atoms with Crippen LogP contribution in [-0.4, -0.2) is 76.3 Å². The Hall–Kier alpha value is -2.44. The van der Waals surface area contributed by atoms with E-state index in [0.717, 1.165) is 55.2 Å². The molecule has 6 heteroatoms. The predicted octanol–water partition coefficient (Wildman–Crippen LogP) is 5.66. The maximum absolute atomic E-state index is 13.1. The second kappa shape index (κ2) is 12.9. The summed E-state index contributed by atoms with van der Waals surface area (Å²) in [7, 11) is 11.8. The standard InChI is InChI=1S/C31H50N2O4/c1-11-12-13-14-24-18-27(36-29(34)20-32(5,6)7)31(26-17-23(4)15-16-25(26)22(2)3)28(19-24)37-30(35)21-33(8,9)10/h17-19,25-26H,2,11-16,20-21H2,1,3-10H3/q+2. The van der Waals surface area contributed by atoms with Crippen LogP contribution in [0.4, 0.5) is 0 Å². The van der Waals surface area contributed by atoms with Crippen molar-refractivity contribution in [2.75, 3.05) is 55.4 Å². The van der Waals surface area contributed by atoms with Crippen molar-refractivity contribution in [3.8, 4) is 11.5 Å². The Morgan fingerprint density at radius 2 is 1.46 bits per heavy atom. The summed E-state index contributed by atoms with van der Waals surface area (Å²) in [6.45, 7) is 11.1. The van der Waals surface area contributed by atoms with Crippen LogP contribution < -0.4 is 9.47 Å². The van der Waals surface area contributed by atoms with Crippen LogP contribution in [0.5, 0.6) is 11.5 Å². The van der Waals surface area contributed by atoms with E-state index in [1.165, 1.54) is 5.57 Å². The van der Waals surface area contributed by atoms with E-state index in [1.807, 2.05) is 54.4 Å². The van der Waals surface area contributed by atoms with Crippen LogP contribution in [0.2, 0.25) is 0 Å². The maximum atomic E-state index is 13.1. The molecule has 1 aliphatic carbocycles. The normalized spacial score (nSPS) is 18.2. The fourth-order valence-corrected chi connectivity index (χ4v) is 4.87. The SMILES string of the molecule is C=C(C)C1CCC(C)=CC1c1c(OC(=O)C[N+](C)(C)C)cc(CCCCC)cc1OC(=O)C[N+](C)(C)C. The molecule has 2 atom stereocenters. The number of esters is 2. The largest absolute Gasteiger partial charge is 0.422 e. The smallest absolute Gasteiger partial charge is 0.367 e. The van der Waals surface area contributed by atoms with Crippen molar-refractivity contribution < 1.29 is 28.0 Å². The lowest BCUT2D eigenvalue weighted by Gasteiger charge is -2.33. The molecule has 0 saturated heterocycles. The number of nitrogens with zero attached hydrogens (tertiary/aromatic N) is 2. The van der Waals surface area contributed by atoms with E-state index < -0.39 is 0 Å². The highest BCUT2D eigenvalue weighted by Crippen LogP contribution is 2.47. The Kier molecular flexibility index (Phi) is 10.7. The summed E-state index contributed by atoms with van der Waals surface area (Å²) in [5, 5.41) is 0. The maximum Gasteiger partial charge on any atom is 0.367 e. The Labute approximate surface area is 225 Å². The molecule has 0 heterocycles. The zero-order valence-electron chi connectivity index (χ0n) is 24.8. The topological polar surface area (TPSA) is 52.6 Å². The third-order valence-electron chi connectivity index (χ3n) is 6.60. The molecule has 1 aromatic carbocycles. The number of quaternary nitrogens is 2. The summed E-state index contributed by atoms with van der Waals surface area (Å²) in [5.74, 6) is 0.486. The summed E-state index contributed by atoms with van der Waals surface area (Å²) in [5.41, 5.74) is 4.15. The fourth-order valence-electron chi connectivity index (χ4n) is 4.87. The number of hydrogen-bond acceptors (Lipinski definition) is 4. The minimum atomic E-state index is -0.300. The molecule has 0 spiro atoms. The van der Waals surface area contributed by atoms with Crippen LogP contribution >= 0.6 is 0 Å². The zero-order chi connectivity index (χ0) is 28.0. The highest BCUT2D eigenvalue weighted by Gasteiger charge is 2.33. The zero-order valence-corrected chi connectivity index (χ0v) is 24.8. The number of benzene rings is 1. The molecule has 1 aliphatic rings. The molecule has 0 aromatic heterocycles. The minimum Gasteiger partial charge on any atom is -0.422 e. The van der Waals surface area contributed by atoms with E-state index >= 15 is 0 Å². The average Bonchev–Trinajstić information content (AvgIpc) is 2.70. The highest BCUT2D eigenvalue weighted by molar-refractivity contribution is 5.77. The van der Waals surface area contributed by atoms with Crippen molar-refractivity contribution in [3.63, 3.8) is 0 Å². The second-order valence-corrected chi connectivity index (χ2v) is 12.8. The molecule has 2 rings (SSSR count). The summed E-state index contributed by atoms with van der Waals surface area (Å²) >= 11 is 0. The van der Waals surface area contributed by atoms with Crippen molar-refractivity contribution in [1.82, 2.24) is 0 Å². The van der Waals surface area contributed by atoms with Gasteiger partial charge in [-0.25, -0.2) is 9.59 Å². The van der Waals surface area contributed by atoms with Crippen LogP contribution in [0.1, 0.15) is 69.9 Å². The van der Waals surface area contributed by atoms with Gasteiger partial charge in [-0.05, 0) is 63.1 Å². The summed E-state index contributed by atoms with van der Waals surface area (Å²) in [6, 6.07) is 3.98. The number of allylic oxidation sites excluding steroid dienone is 3. The molecule has 0 fully saturated rings. The van der Waals surface area contributed by atoms with E-state index in [4.69, 9.17) is 9.47 Å².